The molecule has 0 radical (unpaired) electrons. The molecule has 11 heavy (non-hydrogen) atoms. The number of unbranched alkanes of at least 4 members (excludes halogenated alkanes) is 2. The van der Waals surface area contributed by atoms with Crippen molar-refractivity contribution in [2.45, 2.75) is 32.6 Å². The number of thiol groups is 1. The first-order chi connectivity index (χ1) is 5.31. The largest absolute Gasteiger partial charge is 0.465 e. The van der Waals surface area contributed by atoms with Crippen molar-refractivity contribution in [3.8, 4) is 0 Å². The first-order valence-electron chi connectivity index (χ1n) is 4.07. The van der Waals surface area contributed by atoms with Gasteiger partial charge in [-0.15, -0.1) is 0 Å². The van der Waals surface area contributed by atoms with Crippen LogP contribution in [0, 0.1) is 0 Å². The molecule has 0 aromatic heterocycles. The topological polar surface area (TPSA) is 26.3 Å². The summed E-state index contributed by atoms with van der Waals surface area (Å²) < 4.78 is 4.82. The maximum Gasteiger partial charge on any atom is 0.305 e. The highest BCUT2D eigenvalue weighted by molar-refractivity contribution is 7.80. The maximum absolute atomic E-state index is 10.8. The van der Waals surface area contributed by atoms with Crippen molar-refractivity contribution in [2.24, 2.45) is 0 Å². The van der Waals surface area contributed by atoms with Gasteiger partial charge in [0.05, 0.1) is 0 Å². The Hall–Kier alpha value is -0.180. The summed E-state index contributed by atoms with van der Waals surface area (Å²) in [6.45, 7) is 2.55. The molecule has 2 nitrogen and oxygen atoms in total. The smallest absolute Gasteiger partial charge is 0.305 e. The van der Waals surface area contributed by atoms with E-state index >= 15 is 0 Å². The summed E-state index contributed by atoms with van der Waals surface area (Å²) in [5.41, 5.74) is 0. The van der Waals surface area contributed by atoms with Gasteiger partial charge < -0.3 is 4.74 Å². The molecule has 0 bridgehead atoms. The van der Waals surface area contributed by atoms with Gasteiger partial charge in [-0.1, -0.05) is 19.8 Å². The van der Waals surface area contributed by atoms with Gasteiger partial charge in [0.1, 0.15) is 6.61 Å². The van der Waals surface area contributed by atoms with E-state index in [0.29, 0.717) is 18.8 Å². The molecule has 3 heteroatoms. The van der Waals surface area contributed by atoms with Gasteiger partial charge in [-0.2, -0.15) is 12.6 Å². The Labute approximate surface area is 73.7 Å². The number of hydrogen-bond donors (Lipinski definition) is 1. The molecule has 0 saturated heterocycles. The number of rotatable bonds is 6. The van der Waals surface area contributed by atoms with Gasteiger partial charge in [0, 0.05) is 12.2 Å². The van der Waals surface area contributed by atoms with Crippen LogP contribution in [0.5, 0.6) is 0 Å². The molecule has 0 fully saturated rings. The monoisotopic (exact) mass is 176 g/mol. The van der Waals surface area contributed by atoms with E-state index in [2.05, 4.69) is 19.6 Å². The van der Waals surface area contributed by atoms with E-state index in [0.717, 1.165) is 19.3 Å². The summed E-state index contributed by atoms with van der Waals surface area (Å²) in [4.78, 5) is 10.8. The molecule has 0 heterocycles. The number of esters is 1. The number of ether oxygens (including phenoxy) is 1. The van der Waals surface area contributed by atoms with Gasteiger partial charge >= 0.3 is 5.97 Å². The van der Waals surface area contributed by atoms with Crippen molar-refractivity contribution in [3.05, 3.63) is 0 Å². The Balaban J connectivity index is 3.09. The maximum atomic E-state index is 10.8. The normalized spacial score (nSPS) is 9.64. The van der Waals surface area contributed by atoms with Crippen molar-refractivity contribution in [2.75, 3.05) is 12.4 Å². The van der Waals surface area contributed by atoms with E-state index in [-0.39, 0.29) is 5.97 Å². The predicted molar refractivity (Wildman–Crippen MR) is 49.0 cm³/mol. The average molecular weight is 176 g/mol. The Morgan fingerprint density at radius 1 is 1.45 bits per heavy atom. The molecule has 0 aliphatic carbocycles. The molecule has 0 unspecified atom stereocenters. The predicted octanol–water partition coefficient (Wildman–Crippen LogP) is 2.04. The van der Waals surface area contributed by atoms with Crippen molar-refractivity contribution in [1.82, 2.24) is 0 Å². The third-order valence-corrected chi connectivity index (χ3v) is 1.52. The summed E-state index contributed by atoms with van der Waals surface area (Å²) in [6.07, 6.45) is 3.75. The highest BCUT2D eigenvalue weighted by atomic mass is 32.1. The SMILES string of the molecule is CCCCCC(=O)OCCS. The Morgan fingerprint density at radius 3 is 2.73 bits per heavy atom. The molecule has 66 valence electrons. The van der Waals surface area contributed by atoms with E-state index < -0.39 is 0 Å². The second-order valence-electron chi connectivity index (χ2n) is 2.40. The first kappa shape index (κ1) is 10.8. The quantitative estimate of drug-likeness (QED) is 0.381. The van der Waals surface area contributed by atoms with Crippen LogP contribution in [0.3, 0.4) is 0 Å². The van der Waals surface area contributed by atoms with Crippen molar-refractivity contribution >= 4 is 18.6 Å². The average Bonchev–Trinajstić information content (AvgIpc) is 2.01. The second kappa shape index (κ2) is 7.92. The fourth-order valence-corrected chi connectivity index (χ4v) is 0.842. The van der Waals surface area contributed by atoms with Crippen LogP contribution in [-0.2, 0) is 9.53 Å². The van der Waals surface area contributed by atoms with Crippen LogP contribution in [0.25, 0.3) is 0 Å². The minimum absolute atomic E-state index is 0.0903. The highest BCUT2D eigenvalue weighted by Gasteiger charge is 1.99. The summed E-state index contributed by atoms with van der Waals surface area (Å²) in [6, 6.07) is 0. The lowest BCUT2D eigenvalue weighted by atomic mass is 10.2. The molecule has 0 aromatic rings. The zero-order valence-corrected chi connectivity index (χ0v) is 7.90. The van der Waals surface area contributed by atoms with Gasteiger partial charge in [0.15, 0.2) is 0 Å². The molecule has 0 saturated carbocycles. The molecule has 0 amide bonds. The number of hydrogen-bond acceptors (Lipinski definition) is 3. The zero-order valence-electron chi connectivity index (χ0n) is 7.01. The fourth-order valence-electron chi connectivity index (χ4n) is 0.751. The first-order valence-corrected chi connectivity index (χ1v) is 4.71. The van der Waals surface area contributed by atoms with Gasteiger partial charge in [-0.3, -0.25) is 4.79 Å². The molecule has 0 atom stereocenters. The minimum atomic E-state index is -0.0903. The molecular formula is C8H16O2S. The fraction of sp³-hybridized carbons (Fsp3) is 0.875. The van der Waals surface area contributed by atoms with Gasteiger partial charge in [-0.05, 0) is 6.42 Å². The highest BCUT2D eigenvalue weighted by Crippen LogP contribution is 2.00. The molecule has 0 aliphatic rings. The lowest BCUT2D eigenvalue weighted by molar-refractivity contribution is -0.143. The van der Waals surface area contributed by atoms with Crippen LogP contribution in [0.1, 0.15) is 32.6 Å². The molecule has 0 spiro atoms. The van der Waals surface area contributed by atoms with Crippen molar-refractivity contribution in [1.29, 1.82) is 0 Å². The number of carbonyl (C=O) groups is 1. The summed E-state index contributed by atoms with van der Waals surface area (Å²) in [5, 5.41) is 0. The number of carbonyl (C=O) groups excluding carboxylic acids is 1. The van der Waals surface area contributed by atoms with Gasteiger partial charge in [0.2, 0.25) is 0 Å². The summed E-state index contributed by atoms with van der Waals surface area (Å²) >= 11 is 3.93. The van der Waals surface area contributed by atoms with Gasteiger partial charge in [-0.25, -0.2) is 0 Å². The molecule has 0 aromatic carbocycles. The van der Waals surface area contributed by atoms with E-state index in [1.165, 1.54) is 0 Å². The van der Waals surface area contributed by atoms with Crippen LogP contribution in [-0.4, -0.2) is 18.3 Å². The molecular weight excluding hydrogens is 160 g/mol. The van der Waals surface area contributed by atoms with E-state index in [1.54, 1.807) is 0 Å². The molecule has 0 N–H and O–H groups in total. The van der Waals surface area contributed by atoms with E-state index in [1.807, 2.05) is 0 Å². The Bertz CT molecular complexity index is 104. The minimum Gasteiger partial charge on any atom is -0.465 e. The van der Waals surface area contributed by atoms with Crippen LogP contribution in [0.15, 0.2) is 0 Å². The summed E-state index contributed by atoms with van der Waals surface area (Å²) in [5.74, 6) is 0.520. The molecule has 0 rings (SSSR count). The lowest BCUT2D eigenvalue weighted by Gasteiger charge is -2.00. The van der Waals surface area contributed by atoms with Crippen LogP contribution in [0.4, 0.5) is 0 Å². The van der Waals surface area contributed by atoms with Gasteiger partial charge in [0.25, 0.3) is 0 Å². The van der Waals surface area contributed by atoms with Crippen LogP contribution < -0.4 is 0 Å². The van der Waals surface area contributed by atoms with Crippen LogP contribution in [0.2, 0.25) is 0 Å². The lowest BCUT2D eigenvalue weighted by Crippen LogP contribution is -2.06. The third kappa shape index (κ3) is 7.72. The van der Waals surface area contributed by atoms with Crippen LogP contribution >= 0.6 is 12.6 Å². The van der Waals surface area contributed by atoms with Crippen molar-refractivity contribution < 1.29 is 9.53 Å². The Morgan fingerprint density at radius 2 is 2.18 bits per heavy atom. The van der Waals surface area contributed by atoms with Crippen molar-refractivity contribution in [3.63, 3.8) is 0 Å². The van der Waals surface area contributed by atoms with E-state index in [4.69, 9.17) is 4.74 Å². The second-order valence-corrected chi connectivity index (χ2v) is 2.85. The Kier molecular flexibility index (Phi) is 7.79. The van der Waals surface area contributed by atoms with E-state index in [9.17, 15) is 4.79 Å². The third-order valence-electron chi connectivity index (χ3n) is 1.34. The zero-order chi connectivity index (χ0) is 8.53. The summed E-state index contributed by atoms with van der Waals surface area (Å²) in [7, 11) is 0. The standard InChI is InChI=1S/C8H16O2S/c1-2-3-4-5-8(9)10-6-7-11/h11H,2-7H2,1H3. The molecule has 0 aliphatic heterocycles.